The first-order valence-corrected chi connectivity index (χ1v) is 7.66. The molecule has 4 nitrogen and oxygen atoms in total. The van der Waals surface area contributed by atoms with Crippen molar-refractivity contribution in [3.63, 3.8) is 0 Å². The number of hydrogen-bond donors (Lipinski definition) is 1. The Morgan fingerprint density at radius 3 is 2.62 bits per heavy atom. The number of benzene rings is 1. The summed E-state index contributed by atoms with van der Waals surface area (Å²) in [6.07, 6.45) is 3.29. The van der Waals surface area contributed by atoms with Crippen molar-refractivity contribution in [2.24, 2.45) is 0 Å². The molecule has 21 heavy (non-hydrogen) atoms. The van der Waals surface area contributed by atoms with Gasteiger partial charge >= 0.3 is 6.09 Å². The lowest BCUT2D eigenvalue weighted by Gasteiger charge is -2.50. The Morgan fingerprint density at radius 2 is 2.05 bits per heavy atom. The van der Waals surface area contributed by atoms with E-state index in [1.165, 1.54) is 17.5 Å². The molecule has 4 heteroatoms. The summed E-state index contributed by atoms with van der Waals surface area (Å²) in [7, 11) is 0. The molecule has 0 radical (unpaired) electrons. The van der Waals surface area contributed by atoms with Gasteiger partial charge in [-0.25, -0.2) is 4.79 Å². The number of nitrogens with zero attached hydrogens (tertiary/aromatic N) is 1. The van der Waals surface area contributed by atoms with Gasteiger partial charge in [0, 0.05) is 24.2 Å². The van der Waals surface area contributed by atoms with Crippen LogP contribution in [-0.4, -0.2) is 23.1 Å². The average molecular weight is 288 g/mol. The molecule has 1 aliphatic carbocycles. The lowest BCUT2D eigenvalue weighted by atomic mass is 9.61. The highest BCUT2D eigenvalue weighted by atomic mass is 16.6. The molecule has 1 aromatic rings. The lowest BCUT2D eigenvalue weighted by molar-refractivity contribution is 0.00984. The first kappa shape index (κ1) is 14.2. The fourth-order valence-corrected chi connectivity index (χ4v) is 3.46. The molecular weight excluding hydrogens is 264 g/mol. The quantitative estimate of drug-likeness (QED) is 0.744. The van der Waals surface area contributed by atoms with Gasteiger partial charge in [-0.2, -0.15) is 0 Å². The van der Waals surface area contributed by atoms with Crippen LogP contribution in [-0.2, 0) is 16.7 Å². The number of nitrogen functional groups attached to an aromatic ring is 1. The Labute approximate surface area is 126 Å². The molecule has 1 amide bonds. The molecule has 1 fully saturated rings. The maximum atomic E-state index is 12.4. The second-order valence-electron chi connectivity index (χ2n) is 7.39. The minimum atomic E-state index is -0.458. The zero-order chi connectivity index (χ0) is 15.3. The molecule has 0 unspecified atom stereocenters. The van der Waals surface area contributed by atoms with Gasteiger partial charge in [0.25, 0.3) is 0 Å². The van der Waals surface area contributed by atoms with E-state index in [0.29, 0.717) is 6.54 Å². The van der Waals surface area contributed by atoms with Crippen LogP contribution >= 0.6 is 0 Å². The molecule has 3 rings (SSSR count). The van der Waals surface area contributed by atoms with E-state index in [4.69, 9.17) is 10.5 Å². The Hall–Kier alpha value is -1.71. The number of fused-ring (bicyclic) bond motifs is 2. The van der Waals surface area contributed by atoms with Crippen LogP contribution < -0.4 is 5.73 Å². The molecule has 1 saturated carbocycles. The van der Waals surface area contributed by atoms with Crippen molar-refractivity contribution in [2.45, 2.75) is 57.6 Å². The van der Waals surface area contributed by atoms with Gasteiger partial charge in [-0.05, 0) is 56.9 Å². The van der Waals surface area contributed by atoms with Gasteiger partial charge in [0.2, 0.25) is 0 Å². The van der Waals surface area contributed by atoms with Crippen LogP contribution in [0, 0.1) is 0 Å². The van der Waals surface area contributed by atoms with E-state index in [-0.39, 0.29) is 11.5 Å². The zero-order valence-corrected chi connectivity index (χ0v) is 13.1. The third kappa shape index (κ3) is 2.59. The Balaban J connectivity index is 1.89. The number of amides is 1. The zero-order valence-electron chi connectivity index (χ0n) is 13.1. The fraction of sp³-hybridized carbons (Fsp3) is 0.588. The molecule has 2 aliphatic rings. The second-order valence-corrected chi connectivity index (χ2v) is 7.39. The minimum Gasteiger partial charge on any atom is -0.444 e. The Bertz CT molecular complexity index is 571. The van der Waals surface area contributed by atoms with E-state index >= 15 is 0 Å². The van der Waals surface area contributed by atoms with E-state index in [1.807, 2.05) is 37.8 Å². The standard InChI is InChI=1S/C17H24N2O2/c1-16(2,3)21-15(20)19-10-12-9-13(18)5-6-14(12)17(11-19)7-4-8-17/h5-6,9H,4,7-8,10-11,18H2,1-3H3. The Morgan fingerprint density at radius 1 is 1.33 bits per heavy atom. The fourth-order valence-electron chi connectivity index (χ4n) is 3.46. The number of carbonyl (C=O) groups excluding carboxylic acids is 1. The maximum Gasteiger partial charge on any atom is 0.410 e. The molecule has 0 aromatic heterocycles. The van der Waals surface area contributed by atoms with Crippen LogP contribution in [0.5, 0.6) is 0 Å². The molecule has 1 heterocycles. The number of hydrogen-bond acceptors (Lipinski definition) is 3. The van der Waals surface area contributed by atoms with Crippen molar-refractivity contribution in [3.8, 4) is 0 Å². The minimum absolute atomic E-state index is 0.123. The van der Waals surface area contributed by atoms with Gasteiger partial charge in [-0.15, -0.1) is 0 Å². The van der Waals surface area contributed by atoms with E-state index in [1.54, 1.807) is 0 Å². The average Bonchev–Trinajstić information content (AvgIpc) is 2.32. The summed E-state index contributed by atoms with van der Waals surface area (Å²) in [5.74, 6) is 0. The van der Waals surface area contributed by atoms with Gasteiger partial charge < -0.3 is 15.4 Å². The van der Waals surface area contributed by atoms with E-state index < -0.39 is 5.60 Å². The van der Waals surface area contributed by atoms with Gasteiger partial charge in [0.05, 0.1) is 0 Å². The SMILES string of the molecule is CC(C)(C)OC(=O)N1Cc2cc(N)ccc2C2(CCC2)C1. The predicted molar refractivity (Wildman–Crippen MR) is 83.0 cm³/mol. The highest BCUT2D eigenvalue weighted by Crippen LogP contribution is 2.48. The second kappa shape index (κ2) is 4.65. The summed E-state index contributed by atoms with van der Waals surface area (Å²) in [5, 5.41) is 0. The summed E-state index contributed by atoms with van der Waals surface area (Å²) in [6, 6.07) is 6.13. The van der Waals surface area contributed by atoms with E-state index in [9.17, 15) is 4.79 Å². The van der Waals surface area contributed by atoms with Crippen molar-refractivity contribution < 1.29 is 9.53 Å². The molecule has 0 atom stereocenters. The molecule has 1 aromatic carbocycles. The van der Waals surface area contributed by atoms with Crippen molar-refractivity contribution >= 4 is 11.8 Å². The highest BCUT2D eigenvalue weighted by molar-refractivity contribution is 5.69. The third-order valence-corrected chi connectivity index (χ3v) is 4.52. The van der Waals surface area contributed by atoms with Crippen molar-refractivity contribution in [1.29, 1.82) is 0 Å². The Kier molecular flexibility index (Phi) is 3.15. The smallest absolute Gasteiger partial charge is 0.410 e. The maximum absolute atomic E-state index is 12.4. The number of ether oxygens (including phenoxy) is 1. The third-order valence-electron chi connectivity index (χ3n) is 4.52. The molecule has 0 bridgehead atoms. The highest BCUT2D eigenvalue weighted by Gasteiger charge is 2.45. The number of carbonyl (C=O) groups is 1. The normalized spacial score (nSPS) is 19.9. The van der Waals surface area contributed by atoms with Crippen LogP contribution in [0.25, 0.3) is 0 Å². The van der Waals surface area contributed by atoms with Crippen LogP contribution in [0.15, 0.2) is 18.2 Å². The number of rotatable bonds is 0. The van der Waals surface area contributed by atoms with E-state index in [2.05, 4.69) is 6.07 Å². The summed E-state index contributed by atoms with van der Waals surface area (Å²) in [4.78, 5) is 14.2. The summed E-state index contributed by atoms with van der Waals surface area (Å²) < 4.78 is 5.54. The first-order valence-electron chi connectivity index (χ1n) is 7.66. The van der Waals surface area contributed by atoms with Crippen LogP contribution in [0.4, 0.5) is 10.5 Å². The van der Waals surface area contributed by atoms with Gasteiger partial charge in [-0.1, -0.05) is 12.5 Å². The van der Waals surface area contributed by atoms with E-state index in [0.717, 1.165) is 25.1 Å². The summed E-state index contributed by atoms with van der Waals surface area (Å²) in [6.45, 7) is 7.07. The summed E-state index contributed by atoms with van der Waals surface area (Å²) >= 11 is 0. The van der Waals surface area contributed by atoms with Crippen molar-refractivity contribution in [3.05, 3.63) is 29.3 Å². The molecule has 2 N–H and O–H groups in total. The number of anilines is 1. The van der Waals surface area contributed by atoms with Crippen LogP contribution in [0.3, 0.4) is 0 Å². The van der Waals surface area contributed by atoms with Gasteiger partial charge in [0.15, 0.2) is 0 Å². The van der Waals surface area contributed by atoms with Gasteiger partial charge in [-0.3, -0.25) is 0 Å². The largest absolute Gasteiger partial charge is 0.444 e. The first-order chi connectivity index (χ1) is 9.79. The van der Waals surface area contributed by atoms with Crippen molar-refractivity contribution in [2.75, 3.05) is 12.3 Å². The molecule has 114 valence electrons. The number of nitrogens with two attached hydrogens (primary N) is 1. The summed E-state index contributed by atoms with van der Waals surface area (Å²) in [5.41, 5.74) is 8.89. The lowest BCUT2D eigenvalue weighted by Crippen LogP contribution is -2.52. The molecule has 1 spiro atoms. The predicted octanol–water partition coefficient (Wildman–Crippen LogP) is 3.44. The van der Waals surface area contributed by atoms with Crippen molar-refractivity contribution in [1.82, 2.24) is 4.90 Å². The topological polar surface area (TPSA) is 55.6 Å². The van der Waals surface area contributed by atoms with Crippen LogP contribution in [0.1, 0.15) is 51.2 Å². The van der Waals surface area contributed by atoms with Gasteiger partial charge in [0.1, 0.15) is 5.60 Å². The van der Waals surface area contributed by atoms with Crippen LogP contribution in [0.2, 0.25) is 0 Å². The molecular formula is C17H24N2O2. The molecule has 1 aliphatic heterocycles. The monoisotopic (exact) mass is 288 g/mol. The molecule has 0 saturated heterocycles.